The van der Waals surface area contributed by atoms with Crippen molar-refractivity contribution >= 4 is 5.78 Å². The smallest absolute Gasteiger partial charge is 0.186 e. The monoisotopic (exact) mass is 652 g/mol. The molecule has 0 aromatic carbocycles. The average molecular weight is 653 g/mol. The van der Waals surface area contributed by atoms with E-state index in [-0.39, 0.29) is 51.1 Å². The summed E-state index contributed by atoms with van der Waals surface area (Å²) in [5, 5.41) is 73.4. The van der Waals surface area contributed by atoms with Crippen molar-refractivity contribution < 1.29 is 50.0 Å². The molecule has 5 aliphatic carbocycles. The van der Waals surface area contributed by atoms with Crippen LogP contribution in [0.4, 0.5) is 0 Å². The molecule has 6 fully saturated rings. The van der Waals surface area contributed by atoms with Crippen LogP contribution in [0.25, 0.3) is 0 Å². The molecule has 16 unspecified atom stereocenters. The zero-order valence-electron chi connectivity index (χ0n) is 28.9. The average Bonchev–Trinajstić information content (AvgIpc) is 3.55. The number of carbonyl (C=O) groups is 1. The van der Waals surface area contributed by atoms with Gasteiger partial charge in [0, 0.05) is 17.8 Å². The Kier molecular flexibility index (Phi) is 8.52. The van der Waals surface area contributed by atoms with Crippen LogP contribution in [-0.2, 0) is 14.3 Å². The molecule has 10 heteroatoms. The van der Waals surface area contributed by atoms with E-state index in [4.69, 9.17) is 9.47 Å². The highest BCUT2D eigenvalue weighted by Gasteiger charge is 2.84. The molecule has 1 saturated heterocycles. The van der Waals surface area contributed by atoms with Gasteiger partial charge in [-0.25, -0.2) is 0 Å². The molecule has 1 aliphatic heterocycles. The summed E-state index contributed by atoms with van der Waals surface area (Å²) >= 11 is 0. The zero-order chi connectivity index (χ0) is 34.0. The molecule has 46 heavy (non-hydrogen) atoms. The Morgan fingerprint density at radius 3 is 2.26 bits per heavy atom. The summed E-state index contributed by atoms with van der Waals surface area (Å²) in [7, 11) is 0. The highest BCUT2D eigenvalue weighted by Crippen LogP contribution is 2.88. The first-order valence-corrected chi connectivity index (χ1v) is 17.8. The summed E-state index contributed by atoms with van der Waals surface area (Å²) in [6.45, 7) is 13.7. The van der Waals surface area contributed by atoms with Crippen LogP contribution in [0.2, 0.25) is 0 Å². The summed E-state index contributed by atoms with van der Waals surface area (Å²) in [5.74, 6) is 0.398. The Balaban J connectivity index is 1.22. The van der Waals surface area contributed by atoms with Crippen LogP contribution >= 0.6 is 0 Å². The van der Waals surface area contributed by atoms with E-state index < -0.39 is 66.6 Å². The van der Waals surface area contributed by atoms with Gasteiger partial charge in [0.25, 0.3) is 0 Å². The molecule has 0 amide bonds. The van der Waals surface area contributed by atoms with E-state index in [1.807, 2.05) is 0 Å². The molecule has 1 heterocycles. The van der Waals surface area contributed by atoms with Crippen molar-refractivity contribution in [3.05, 3.63) is 0 Å². The fourth-order valence-electron chi connectivity index (χ4n) is 12.7. The second-order valence-electron chi connectivity index (χ2n) is 18.2. The Morgan fingerprint density at radius 2 is 1.63 bits per heavy atom. The van der Waals surface area contributed by atoms with Crippen LogP contribution in [-0.4, -0.2) is 103 Å². The van der Waals surface area contributed by atoms with Crippen LogP contribution in [0.15, 0.2) is 0 Å². The van der Waals surface area contributed by atoms with Crippen molar-refractivity contribution in [1.82, 2.24) is 0 Å². The largest absolute Gasteiger partial charge is 0.394 e. The number of hydrogen-bond donors (Lipinski definition) is 7. The van der Waals surface area contributed by atoms with Crippen molar-refractivity contribution in [3.8, 4) is 0 Å². The van der Waals surface area contributed by atoms with Gasteiger partial charge in [-0.05, 0) is 105 Å². The lowest BCUT2D eigenvalue weighted by Crippen LogP contribution is -2.63. The summed E-state index contributed by atoms with van der Waals surface area (Å²) < 4.78 is 12.1. The van der Waals surface area contributed by atoms with Crippen molar-refractivity contribution in [3.63, 3.8) is 0 Å². The van der Waals surface area contributed by atoms with Crippen LogP contribution in [0, 0.1) is 50.7 Å². The fourth-order valence-corrected chi connectivity index (χ4v) is 12.7. The fraction of sp³-hybridized carbons (Fsp3) is 0.972. The first kappa shape index (κ1) is 35.1. The number of Topliss-reactive ketones (excluding diaryl/α,β-unsaturated/α-hetero) is 1. The molecular weight excluding hydrogens is 592 g/mol. The SMILES string of the molecule is CC(CCC(O)C(C)(C)O)C1C(O)CC2(C)C3CC(=O)C4C(C)(C)C(OC5OC(CO)C(O)C(O)C5O)CCC45CC35CCC12C. The van der Waals surface area contributed by atoms with Crippen molar-refractivity contribution in [2.75, 3.05) is 6.61 Å². The van der Waals surface area contributed by atoms with Gasteiger partial charge < -0.3 is 45.2 Å². The van der Waals surface area contributed by atoms with Crippen LogP contribution in [0.3, 0.4) is 0 Å². The maximum atomic E-state index is 14.5. The molecule has 0 aromatic rings. The van der Waals surface area contributed by atoms with E-state index in [2.05, 4.69) is 34.6 Å². The molecule has 6 rings (SSSR count). The van der Waals surface area contributed by atoms with Crippen molar-refractivity contribution in [2.24, 2.45) is 50.7 Å². The number of rotatable bonds is 8. The quantitative estimate of drug-likeness (QED) is 0.193. The van der Waals surface area contributed by atoms with Gasteiger partial charge in [0.2, 0.25) is 0 Å². The van der Waals surface area contributed by atoms with Crippen LogP contribution < -0.4 is 0 Å². The van der Waals surface area contributed by atoms with Gasteiger partial charge in [-0.2, -0.15) is 0 Å². The summed E-state index contributed by atoms with van der Waals surface area (Å²) in [6.07, 6.45) is -1.69. The number of fused-ring (bicyclic) bond motifs is 2. The van der Waals surface area contributed by atoms with Crippen LogP contribution in [0.1, 0.15) is 106 Å². The predicted octanol–water partition coefficient (Wildman–Crippen LogP) is 2.31. The number of ketones is 1. The summed E-state index contributed by atoms with van der Waals surface area (Å²) in [5.41, 5.74) is -2.22. The molecule has 264 valence electrons. The predicted molar refractivity (Wildman–Crippen MR) is 168 cm³/mol. The molecule has 5 saturated carbocycles. The number of aliphatic hydroxyl groups excluding tert-OH is 6. The van der Waals surface area contributed by atoms with E-state index in [0.717, 1.165) is 25.7 Å². The Hall–Kier alpha value is -0.690. The van der Waals surface area contributed by atoms with E-state index in [0.29, 0.717) is 32.1 Å². The first-order valence-electron chi connectivity index (χ1n) is 17.8. The normalized spacial score (nSPS) is 52.6. The topological polar surface area (TPSA) is 177 Å². The molecule has 16 atom stereocenters. The lowest BCUT2D eigenvalue weighted by molar-refractivity contribution is -0.325. The number of hydrogen-bond acceptors (Lipinski definition) is 10. The number of carbonyl (C=O) groups excluding carboxylic acids is 1. The number of aliphatic hydroxyl groups is 7. The van der Waals surface area contributed by atoms with Gasteiger partial charge in [-0.15, -0.1) is 0 Å². The van der Waals surface area contributed by atoms with Gasteiger partial charge in [-0.1, -0.05) is 34.6 Å². The van der Waals surface area contributed by atoms with Gasteiger partial charge in [-0.3, -0.25) is 4.79 Å². The summed E-state index contributed by atoms with van der Waals surface area (Å²) in [4.78, 5) is 14.5. The minimum atomic E-state index is -1.52. The lowest BCUT2D eigenvalue weighted by atomic mass is 9.41. The number of ether oxygens (including phenoxy) is 2. The molecular formula is C36H60O10. The van der Waals surface area contributed by atoms with Gasteiger partial charge in [0.05, 0.1) is 30.5 Å². The molecule has 2 spiro atoms. The molecule has 0 radical (unpaired) electrons. The molecule has 0 bridgehead atoms. The lowest BCUT2D eigenvalue weighted by Gasteiger charge is -2.63. The molecule has 7 N–H and O–H groups in total. The summed E-state index contributed by atoms with van der Waals surface area (Å²) in [6, 6.07) is 0. The maximum absolute atomic E-state index is 14.5. The van der Waals surface area contributed by atoms with E-state index in [9.17, 15) is 40.5 Å². The van der Waals surface area contributed by atoms with Crippen LogP contribution in [0.5, 0.6) is 0 Å². The van der Waals surface area contributed by atoms with Gasteiger partial charge in [0.15, 0.2) is 6.29 Å². The molecule has 6 aliphatic rings. The highest BCUT2D eigenvalue weighted by atomic mass is 16.7. The molecule has 0 aromatic heterocycles. The van der Waals surface area contributed by atoms with Crippen molar-refractivity contribution in [2.45, 2.75) is 161 Å². The maximum Gasteiger partial charge on any atom is 0.186 e. The Labute approximate surface area is 273 Å². The molecule has 10 nitrogen and oxygen atoms in total. The first-order chi connectivity index (χ1) is 21.2. The van der Waals surface area contributed by atoms with Gasteiger partial charge >= 0.3 is 0 Å². The zero-order valence-corrected chi connectivity index (χ0v) is 28.9. The van der Waals surface area contributed by atoms with E-state index >= 15 is 0 Å². The Bertz CT molecular complexity index is 1180. The highest BCUT2D eigenvalue weighted by molar-refractivity contribution is 5.86. The Morgan fingerprint density at radius 1 is 0.957 bits per heavy atom. The van der Waals surface area contributed by atoms with E-state index in [1.165, 1.54) is 0 Å². The van der Waals surface area contributed by atoms with Gasteiger partial charge in [0.1, 0.15) is 30.2 Å². The minimum absolute atomic E-state index is 0.0279. The third kappa shape index (κ3) is 4.71. The standard InChI is InChI=1S/C36H60O10/c1-18(8-9-23(40)32(4,5)44)25-20(39)15-34(7)22-14-19(38)29-31(2,3)24(46-30-28(43)27(42)26(41)21(16-37)45-30)10-11-36(29)17-35(22,36)13-12-33(25,34)6/h18,20-30,37,39-44H,8-17H2,1-7H3. The second kappa shape index (κ2) is 11.2. The second-order valence-corrected chi connectivity index (χ2v) is 18.2. The van der Waals surface area contributed by atoms with Crippen molar-refractivity contribution in [1.29, 1.82) is 0 Å². The third-order valence-electron chi connectivity index (χ3n) is 15.3. The third-order valence-corrected chi connectivity index (χ3v) is 15.3. The minimum Gasteiger partial charge on any atom is -0.394 e. The van der Waals surface area contributed by atoms with E-state index in [1.54, 1.807) is 13.8 Å².